The molecule has 4 rings (SSSR count). The van der Waals surface area contributed by atoms with Crippen LogP contribution in [0, 0.1) is 0 Å². The van der Waals surface area contributed by atoms with Crippen molar-refractivity contribution < 1.29 is 4.79 Å². The summed E-state index contributed by atoms with van der Waals surface area (Å²) in [5.74, 6) is 0. The summed E-state index contributed by atoms with van der Waals surface area (Å²) >= 11 is 1.35. The molecule has 2 N–H and O–H groups in total. The lowest BCUT2D eigenvalue weighted by Gasteiger charge is -2.02. The van der Waals surface area contributed by atoms with E-state index in [1.165, 1.54) is 11.3 Å². The van der Waals surface area contributed by atoms with Gasteiger partial charge < -0.3 is 5.32 Å². The largest absolute Gasteiger partial charge is 0.325 e. The van der Waals surface area contributed by atoms with Gasteiger partial charge in [0.2, 0.25) is 0 Å². The number of benzene rings is 1. The van der Waals surface area contributed by atoms with E-state index < -0.39 is 0 Å². The lowest BCUT2D eigenvalue weighted by atomic mass is 10.2. The first-order chi connectivity index (χ1) is 12.8. The first-order valence-electron chi connectivity index (χ1n) is 7.82. The number of nitrogens with one attached hydrogen (secondary N) is 2. The number of urea groups is 1. The van der Waals surface area contributed by atoms with Gasteiger partial charge in [-0.1, -0.05) is 18.2 Å². The molecule has 0 aliphatic heterocycles. The normalized spacial score (nSPS) is 10.5. The van der Waals surface area contributed by atoms with Gasteiger partial charge in [-0.05, 0) is 24.3 Å². The Hall–Kier alpha value is -3.52. The van der Waals surface area contributed by atoms with Gasteiger partial charge in [-0.25, -0.2) is 14.5 Å². The minimum atomic E-state index is -0.371. The number of nitrogens with zero attached hydrogens (tertiary/aromatic N) is 4. The van der Waals surface area contributed by atoms with E-state index in [-0.39, 0.29) is 6.03 Å². The van der Waals surface area contributed by atoms with Crippen molar-refractivity contribution in [3.05, 3.63) is 72.6 Å². The summed E-state index contributed by atoms with van der Waals surface area (Å²) in [5, 5.41) is 12.1. The van der Waals surface area contributed by atoms with E-state index >= 15 is 0 Å². The number of thiazole rings is 1. The number of carbonyl (C=O) groups is 1. The van der Waals surface area contributed by atoms with Crippen molar-refractivity contribution in [1.82, 2.24) is 19.7 Å². The van der Waals surface area contributed by atoms with Crippen LogP contribution in [0.3, 0.4) is 0 Å². The summed E-state index contributed by atoms with van der Waals surface area (Å²) in [6, 6.07) is 13.1. The van der Waals surface area contributed by atoms with Crippen molar-refractivity contribution in [2.45, 2.75) is 0 Å². The van der Waals surface area contributed by atoms with Gasteiger partial charge in [0.05, 0.1) is 29.5 Å². The third-order valence-corrected chi connectivity index (χ3v) is 4.30. The number of pyridine rings is 1. The summed E-state index contributed by atoms with van der Waals surface area (Å²) in [4.78, 5) is 20.6. The second-order valence-electron chi connectivity index (χ2n) is 5.37. The summed E-state index contributed by atoms with van der Waals surface area (Å²) in [5.41, 5.74) is 3.19. The van der Waals surface area contributed by atoms with Crippen molar-refractivity contribution >= 4 is 28.2 Å². The van der Waals surface area contributed by atoms with Crippen molar-refractivity contribution in [2.24, 2.45) is 0 Å². The molecule has 0 unspecified atom stereocenters. The van der Waals surface area contributed by atoms with E-state index in [1.54, 1.807) is 29.5 Å². The molecule has 8 heteroatoms. The van der Waals surface area contributed by atoms with Crippen LogP contribution in [0.2, 0.25) is 0 Å². The Balaban J connectivity index is 1.40. The number of hydrogen-bond donors (Lipinski definition) is 2. The maximum Gasteiger partial charge on any atom is 0.325 e. The lowest BCUT2D eigenvalue weighted by Crippen LogP contribution is -2.18. The maximum atomic E-state index is 12.2. The fourth-order valence-electron chi connectivity index (χ4n) is 2.35. The molecule has 7 nitrogen and oxygen atoms in total. The molecule has 1 aromatic carbocycles. The zero-order valence-corrected chi connectivity index (χ0v) is 14.4. The Morgan fingerprint density at radius 3 is 2.73 bits per heavy atom. The van der Waals surface area contributed by atoms with Crippen LogP contribution < -0.4 is 10.6 Å². The molecule has 0 saturated carbocycles. The van der Waals surface area contributed by atoms with Crippen LogP contribution in [0.4, 0.5) is 15.6 Å². The Labute approximate surface area is 153 Å². The molecule has 0 bridgehead atoms. The van der Waals surface area contributed by atoms with Gasteiger partial charge in [0.15, 0.2) is 5.13 Å². The third kappa shape index (κ3) is 3.60. The molecule has 3 aromatic heterocycles. The molecule has 2 amide bonds. The molecule has 0 aliphatic rings. The van der Waals surface area contributed by atoms with Crippen LogP contribution in [0.25, 0.3) is 16.9 Å². The predicted octanol–water partition coefficient (Wildman–Crippen LogP) is 4.03. The molecular formula is C18H14N6OS. The Kier molecular flexibility index (Phi) is 4.40. The number of anilines is 2. The number of hydrogen-bond acceptors (Lipinski definition) is 5. The second kappa shape index (κ2) is 7.16. The number of amides is 2. The van der Waals surface area contributed by atoms with Crippen LogP contribution in [0.5, 0.6) is 0 Å². The van der Waals surface area contributed by atoms with Crippen molar-refractivity contribution in [3.8, 4) is 16.9 Å². The number of para-hydroxylation sites is 1. The summed E-state index contributed by atoms with van der Waals surface area (Å²) in [7, 11) is 0. The van der Waals surface area contributed by atoms with E-state index in [0.29, 0.717) is 10.8 Å². The van der Waals surface area contributed by atoms with Gasteiger partial charge in [-0.2, -0.15) is 5.10 Å². The van der Waals surface area contributed by atoms with Gasteiger partial charge in [0.1, 0.15) is 0 Å². The lowest BCUT2D eigenvalue weighted by molar-refractivity contribution is 0.262. The first-order valence-corrected chi connectivity index (χ1v) is 8.70. The van der Waals surface area contributed by atoms with Crippen LogP contribution in [-0.4, -0.2) is 25.8 Å². The Bertz CT molecular complexity index is 931. The van der Waals surface area contributed by atoms with Gasteiger partial charge in [-0.15, -0.1) is 11.3 Å². The van der Waals surface area contributed by atoms with Crippen molar-refractivity contribution in [1.29, 1.82) is 0 Å². The highest BCUT2D eigenvalue weighted by atomic mass is 32.1. The average Bonchev–Trinajstić information content (AvgIpc) is 3.33. The van der Waals surface area contributed by atoms with Crippen LogP contribution >= 0.6 is 11.3 Å². The van der Waals surface area contributed by atoms with Crippen molar-refractivity contribution in [2.75, 3.05) is 10.6 Å². The average molecular weight is 362 g/mol. The smallest absolute Gasteiger partial charge is 0.305 e. The molecule has 0 spiro atoms. The Morgan fingerprint density at radius 1 is 1.04 bits per heavy atom. The minimum Gasteiger partial charge on any atom is -0.305 e. The summed E-state index contributed by atoms with van der Waals surface area (Å²) in [6.07, 6.45) is 6.78. The second-order valence-corrected chi connectivity index (χ2v) is 6.23. The fourth-order valence-corrected chi connectivity index (χ4v) is 3.06. The van der Waals surface area contributed by atoms with Crippen LogP contribution in [0.15, 0.2) is 72.6 Å². The molecule has 128 valence electrons. The molecule has 0 fully saturated rings. The van der Waals surface area contributed by atoms with E-state index in [9.17, 15) is 4.79 Å². The molecule has 4 aromatic rings. The highest BCUT2D eigenvalue weighted by molar-refractivity contribution is 7.14. The van der Waals surface area contributed by atoms with E-state index in [0.717, 1.165) is 16.9 Å². The quantitative estimate of drug-likeness (QED) is 0.574. The molecule has 26 heavy (non-hydrogen) atoms. The number of carbonyl (C=O) groups excluding carboxylic acids is 1. The van der Waals surface area contributed by atoms with Gasteiger partial charge in [0.25, 0.3) is 0 Å². The molecule has 0 saturated heterocycles. The third-order valence-electron chi connectivity index (χ3n) is 3.54. The molecular weight excluding hydrogens is 348 g/mol. The van der Waals surface area contributed by atoms with Gasteiger partial charge in [-0.3, -0.25) is 10.3 Å². The zero-order chi connectivity index (χ0) is 17.8. The number of aromatic nitrogens is 4. The molecule has 0 radical (unpaired) electrons. The van der Waals surface area contributed by atoms with Gasteiger partial charge >= 0.3 is 6.03 Å². The van der Waals surface area contributed by atoms with Crippen molar-refractivity contribution in [3.63, 3.8) is 0 Å². The SMILES string of the molecule is O=C(Nc1cnn(-c2ccccc2)c1)Nc1nc(-c2cccnc2)cs1. The summed E-state index contributed by atoms with van der Waals surface area (Å²) in [6.45, 7) is 0. The minimum absolute atomic E-state index is 0.371. The van der Waals surface area contributed by atoms with E-state index in [1.807, 2.05) is 47.8 Å². The fraction of sp³-hybridized carbons (Fsp3) is 0. The Morgan fingerprint density at radius 2 is 1.92 bits per heavy atom. The van der Waals surface area contributed by atoms with E-state index in [4.69, 9.17) is 0 Å². The number of rotatable bonds is 4. The topological polar surface area (TPSA) is 84.7 Å². The summed E-state index contributed by atoms with van der Waals surface area (Å²) < 4.78 is 1.69. The zero-order valence-electron chi connectivity index (χ0n) is 13.5. The standard InChI is InChI=1S/C18H14N6OS/c25-17(21-14-10-20-24(11-14)15-6-2-1-3-7-15)23-18-22-16(12-26-18)13-5-4-8-19-9-13/h1-12H,(H2,21,22,23,25). The monoisotopic (exact) mass is 362 g/mol. The van der Waals surface area contributed by atoms with E-state index in [2.05, 4.69) is 25.7 Å². The molecule has 3 heterocycles. The van der Waals surface area contributed by atoms with Gasteiger partial charge in [0, 0.05) is 23.3 Å². The highest BCUT2D eigenvalue weighted by Gasteiger charge is 2.09. The highest BCUT2D eigenvalue weighted by Crippen LogP contribution is 2.24. The molecule has 0 atom stereocenters. The first kappa shape index (κ1) is 16.0. The van der Waals surface area contributed by atoms with Crippen LogP contribution in [-0.2, 0) is 0 Å². The molecule has 0 aliphatic carbocycles. The predicted molar refractivity (Wildman–Crippen MR) is 102 cm³/mol. The van der Waals surface area contributed by atoms with Crippen LogP contribution in [0.1, 0.15) is 0 Å². The maximum absolute atomic E-state index is 12.2.